The SMILES string of the molecule is O=S(=O)(NCCN1CCCC1)c1cncc(-c2ccc3nccc(-c4ccncc4)c3c2)c1. The van der Waals surface area contributed by atoms with Gasteiger partial charge in [0.15, 0.2) is 0 Å². The molecule has 4 aromatic rings. The van der Waals surface area contributed by atoms with Crippen LogP contribution in [0.4, 0.5) is 0 Å². The summed E-state index contributed by atoms with van der Waals surface area (Å²) < 4.78 is 28.4. The molecule has 1 aromatic carbocycles. The Morgan fingerprint density at radius 2 is 1.67 bits per heavy atom. The molecule has 1 N–H and O–H groups in total. The zero-order chi connectivity index (χ0) is 22.7. The van der Waals surface area contributed by atoms with Crippen molar-refractivity contribution in [2.75, 3.05) is 26.2 Å². The van der Waals surface area contributed by atoms with Crippen molar-refractivity contribution >= 4 is 20.9 Å². The number of aromatic nitrogens is 3. The van der Waals surface area contributed by atoms with E-state index < -0.39 is 10.0 Å². The van der Waals surface area contributed by atoms with E-state index in [1.807, 2.05) is 36.4 Å². The molecule has 1 saturated heterocycles. The third-order valence-electron chi connectivity index (χ3n) is 6.01. The van der Waals surface area contributed by atoms with Crippen molar-refractivity contribution in [1.29, 1.82) is 0 Å². The van der Waals surface area contributed by atoms with Crippen LogP contribution >= 0.6 is 0 Å². The van der Waals surface area contributed by atoms with Crippen LogP contribution in [0.1, 0.15) is 12.8 Å². The van der Waals surface area contributed by atoms with E-state index in [1.54, 1.807) is 30.9 Å². The minimum absolute atomic E-state index is 0.169. The van der Waals surface area contributed by atoms with Gasteiger partial charge in [-0.25, -0.2) is 13.1 Å². The number of nitrogens with one attached hydrogen (secondary N) is 1. The van der Waals surface area contributed by atoms with E-state index in [1.165, 1.54) is 19.0 Å². The van der Waals surface area contributed by atoms with E-state index in [0.717, 1.165) is 52.8 Å². The standard InChI is InChI=1S/C25H25N5O2S/c31-33(32,29-11-14-30-12-1-2-13-30)22-15-21(17-27-18-22)20-3-4-25-24(16-20)23(7-10-28-25)19-5-8-26-9-6-19/h3-10,15-18,29H,1-2,11-14H2. The molecule has 0 saturated carbocycles. The molecule has 0 amide bonds. The van der Waals surface area contributed by atoms with E-state index in [2.05, 4.69) is 24.6 Å². The lowest BCUT2D eigenvalue weighted by Gasteiger charge is -2.15. The molecule has 5 rings (SSSR count). The van der Waals surface area contributed by atoms with Gasteiger partial charge >= 0.3 is 0 Å². The lowest BCUT2D eigenvalue weighted by molar-refractivity contribution is 0.344. The van der Waals surface area contributed by atoms with E-state index >= 15 is 0 Å². The van der Waals surface area contributed by atoms with Crippen molar-refractivity contribution in [1.82, 2.24) is 24.6 Å². The molecule has 1 fully saturated rings. The summed E-state index contributed by atoms with van der Waals surface area (Å²) in [6, 6.07) is 13.5. The Balaban J connectivity index is 1.44. The van der Waals surface area contributed by atoms with Crippen LogP contribution in [-0.2, 0) is 10.0 Å². The third-order valence-corrected chi connectivity index (χ3v) is 7.44. The second kappa shape index (κ2) is 9.35. The lowest BCUT2D eigenvalue weighted by Crippen LogP contribution is -2.33. The van der Waals surface area contributed by atoms with Crippen LogP contribution in [0.2, 0.25) is 0 Å². The Labute approximate surface area is 193 Å². The summed E-state index contributed by atoms with van der Waals surface area (Å²) in [7, 11) is -3.63. The first-order valence-corrected chi connectivity index (χ1v) is 12.6. The largest absolute Gasteiger partial charge is 0.302 e. The normalized spacial score (nSPS) is 14.7. The van der Waals surface area contributed by atoms with Crippen molar-refractivity contribution in [2.24, 2.45) is 0 Å². The minimum Gasteiger partial charge on any atom is -0.302 e. The summed E-state index contributed by atoms with van der Waals surface area (Å²) in [5.74, 6) is 0. The zero-order valence-electron chi connectivity index (χ0n) is 18.2. The van der Waals surface area contributed by atoms with Crippen molar-refractivity contribution in [2.45, 2.75) is 17.7 Å². The minimum atomic E-state index is -3.63. The van der Waals surface area contributed by atoms with E-state index in [4.69, 9.17) is 0 Å². The summed E-state index contributed by atoms with van der Waals surface area (Å²) in [4.78, 5) is 15.3. The van der Waals surface area contributed by atoms with Crippen LogP contribution < -0.4 is 4.72 Å². The predicted molar refractivity (Wildman–Crippen MR) is 129 cm³/mol. The first-order chi connectivity index (χ1) is 16.1. The van der Waals surface area contributed by atoms with Gasteiger partial charge in [-0.15, -0.1) is 0 Å². The first kappa shape index (κ1) is 21.6. The van der Waals surface area contributed by atoms with Crippen molar-refractivity contribution in [3.63, 3.8) is 0 Å². The molecule has 168 valence electrons. The number of sulfonamides is 1. The van der Waals surface area contributed by atoms with Gasteiger partial charge in [-0.05, 0) is 79.0 Å². The van der Waals surface area contributed by atoms with Crippen molar-refractivity contribution < 1.29 is 8.42 Å². The molecule has 4 heterocycles. The number of nitrogens with zero attached hydrogens (tertiary/aromatic N) is 4. The molecule has 3 aromatic heterocycles. The van der Waals surface area contributed by atoms with Gasteiger partial charge in [-0.1, -0.05) is 6.07 Å². The maximum Gasteiger partial charge on any atom is 0.242 e. The molecule has 33 heavy (non-hydrogen) atoms. The van der Waals surface area contributed by atoms with Crippen molar-refractivity contribution in [3.8, 4) is 22.3 Å². The second-order valence-electron chi connectivity index (χ2n) is 8.18. The summed E-state index contributed by atoms with van der Waals surface area (Å²) in [5, 5.41) is 0.984. The average Bonchev–Trinajstić information content (AvgIpc) is 3.37. The molecule has 0 atom stereocenters. The monoisotopic (exact) mass is 459 g/mol. The Hall–Kier alpha value is -3.20. The number of rotatable bonds is 7. The summed E-state index contributed by atoms with van der Waals surface area (Å²) >= 11 is 0. The number of hydrogen-bond acceptors (Lipinski definition) is 6. The molecule has 7 nitrogen and oxygen atoms in total. The zero-order valence-corrected chi connectivity index (χ0v) is 19.0. The van der Waals surface area contributed by atoms with Crippen LogP contribution in [0.3, 0.4) is 0 Å². The van der Waals surface area contributed by atoms with Crippen LogP contribution in [0, 0.1) is 0 Å². The second-order valence-corrected chi connectivity index (χ2v) is 9.95. The molecule has 1 aliphatic rings. The molecular weight excluding hydrogens is 434 g/mol. The number of benzene rings is 1. The third kappa shape index (κ3) is 4.78. The van der Waals surface area contributed by atoms with Crippen LogP contribution in [0.15, 0.2) is 78.3 Å². The number of fused-ring (bicyclic) bond motifs is 1. The fraction of sp³-hybridized carbons (Fsp3) is 0.240. The van der Waals surface area contributed by atoms with Crippen LogP contribution in [0.25, 0.3) is 33.2 Å². The number of hydrogen-bond donors (Lipinski definition) is 1. The first-order valence-electron chi connectivity index (χ1n) is 11.1. The fourth-order valence-corrected chi connectivity index (χ4v) is 5.27. The van der Waals surface area contributed by atoms with Gasteiger partial charge < -0.3 is 4.90 Å². The molecule has 0 unspecified atom stereocenters. The number of likely N-dealkylation sites (tertiary alicyclic amines) is 1. The van der Waals surface area contributed by atoms with E-state index in [9.17, 15) is 8.42 Å². The highest BCUT2D eigenvalue weighted by atomic mass is 32.2. The number of pyridine rings is 3. The Bertz CT molecular complexity index is 1370. The molecule has 8 heteroatoms. The predicted octanol–water partition coefficient (Wildman–Crippen LogP) is 3.73. The highest BCUT2D eigenvalue weighted by Crippen LogP contribution is 2.31. The molecule has 0 aliphatic carbocycles. The van der Waals surface area contributed by atoms with Crippen molar-refractivity contribution in [3.05, 3.63) is 73.4 Å². The highest BCUT2D eigenvalue weighted by Gasteiger charge is 2.17. The van der Waals surface area contributed by atoms with Gasteiger partial charge in [-0.2, -0.15) is 0 Å². The highest BCUT2D eigenvalue weighted by molar-refractivity contribution is 7.89. The van der Waals surface area contributed by atoms with Gasteiger partial charge in [-0.3, -0.25) is 15.0 Å². The lowest BCUT2D eigenvalue weighted by atomic mass is 9.98. The Kier molecular flexibility index (Phi) is 6.13. The quantitative estimate of drug-likeness (QED) is 0.453. The van der Waals surface area contributed by atoms with E-state index in [-0.39, 0.29) is 4.90 Å². The van der Waals surface area contributed by atoms with Gasteiger partial charge in [0.2, 0.25) is 10.0 Å². The molecule has 0 spiro atoms. The smallest absolute Gasteiger partial charge is 0.242 e. The summed E-state index contributed by atoms with van der Waals surface area (Å²) in [6.07, 6.45) is 10.8. The van der Waals surface area contributed by atoms with Gasteiger partial charge in [0, 0.05) is 55.0 Å². The molecular formula is C25H25N5O2S. The molecule has 0 radical (unpaired) electrons. The molecule has 1 aliphatic heterocycles. The van der Waals surface area contributed by atoms with Gasteiger partial charge in [0.05, 0.1) is 5.52 Å². The van der Waals surface area contributed by atoms with Crippen LogP contribution in [0.5, 0.6) is 0 Å². The van der Waals surface area contributed by atoms with Crippen LogP contribution in [-0.4, -0.2) is 54.4 Å². The Morgan fingerprint density at radius 3 is 2.48 bits per heavy atom. The summed E-state index contributed by atoms with van der Waals surface area (Å²) in [5.41, 5.74) is 4.58. The Morgan fingerprint density at radius 1 is 0.848 bits per heavy atom. The average molecular weight is 460 g/mol. The van der Waals surface area contributed by atoms with Gasteiger partial charge in [0.25, 0.3) is 0 Å². The summed E-state index contributed by atoms with van der Waals surface area (Å²) in [6.45, 7) is 3.19. The van der Waals surface area contributed by atoms with Gasteiger partial charge in [0.1, 0.15) is 4.90 Å². The maximum atomic E-state index is 12.9. The maximum absolute atomic E-state index is 12.9. The molecule has 0 bridgehead atoms. The van der Waals surface area contributed by atoms with E-state index in [0.29, 0.717) is 6.54 Å². The fourth-order valence-electron chi connectivity index (χ4n) is 4.26. The topological polar surface area (TPSA) is 88.1 Å².